The topological polar surface area (TPSA) is 66.6 Å². The average molecular weight is 208 g/mol. The van der Waals surface area contributed by atoms with Gasteiger partial charge in [-0.3, -0.25) is 4.79 Å². The second kappa shape index (κ2) is 4.18. The molecule has 0 aromatic rings. The van der Waals surface area contributed by atoms with Crippen molar-refractivity contribution in [2.45, 2.75) is 24.8 Å². The van der Waals surface area contributed by atoms with Crippen molar-refractivity contribution in [2.24, 2.45) is 5.73 Å². The van der Waals surface area contributed by atoms with Crippen molar-refractivity contribution < 1.29 is 18.7 Å². The minimum atomic E-state index is -2.88. The van der Waals surface area contributed by atoms with Crippen molar-refractivity contribution in [3.63, 3.8) is 0 Å². The quantitative estimate of drug-likeness (QED) is 0.661. The van der Waals surface area contributed by atoms with Gasteiger partial charge in [0.25, 0.3) is 5.92 Å². The Morgan fingerprint density at radius 3 is 2.79 bits per heavy atom. The van der Waals surface area contributed by atoms with Crippen LogP contribution in [0, 0.1) is 0 Å². The Kier molecular flexibility index (Phi) is 3.38. The number of carbonyl (C=O) groups excluding carboxylic acids is 1. The van der Waals surface area contributed by atoms with E-state index in [9.17, 15) is 13.6 Å². The van der Waals surface area contributed by atoms with Gasteiger partial charge < -0.3 is 15.7 Å². The van der Waals surface area contributed by atoms with E-state index in [1.807, 2.05) is 0 Å². The Labute approximate surface area is 80.7 Å². The lowest BCUT2D eigenvalue weighted by atomic mass is 10.2. The smallest absolute Gasteiger partial charge is 0.267 e. The van der Waals surface area contributed by atoms with Crippen molar-refractivity contribution in [1.29, 1.82) is 0 Å². The van der Waals surface area contributed by atoms with Crippen molar-refractivity contribution in [3.05, 3.63) is 0 Å². The lowest BCUT2D eigenvalue weighted by molar-refractivity contribution is -0.133. The van der Waals surface area contributed by atoms with E-state index >= 15 is 0 Å². The van der Waals surface area contributed by atoms with Crippen LogP contribution in [0.25, 0.3) is 0 Å². The van der Waals surface area contributed by atoms with Crippen LogP contribution in [0.1, 0.15) is 12.8 Å². The Morgan fingerprint density at radius 2 is 2.29 bits per heavy atom. The third-order valence-corrected chi connectivity index (χ3v) is 2.27. The molecule has 3 N–H and O–H groups in total. The lowest BCUT2D eigenvalue weighted by Gasteiger charge is -2.21. The van der Waals surface area contributed by atoms with Crippen molar-refractivity contribution in [1.82, 2.24) is 4.90 Å². The first-order valence-electron chi connectivity index (χ1n) is 4.48. The van der Waals surface area contributed by atoms with Gasteiger partial charge in [0, 0.05) is 19.4 Å². The molecule has 1 rings (SSSR count). The van der Waals surface area contributed by atoms with Crippen molar-refractivity contribution in [2.75, 3.05) is 19.7 Å². The summed E-state index contributed by atoms with van der Waals surface area (Å²) in [4.78, 5) is 12.3. The maximum absolute atomic E-state index is 12.9. The number of nitrogens with zero attached hydrogens (tertiary/aromatic N) is 1. The summed E-state index contributed by atoms with van der Waals surface area (Å²) in [5.41, 5.74) is 5.15. The van der Waals surface area contributed by atoms with Gasteiger partial charge in [0.1, 0.15) is 0 Å². The molecule has 14 heavy (non-hydrogen) atoms. The summed E-state index contributed by atoms with van der Waals surface area (Å²) in [5, 5.41) is 8.83. The maximum atomic E-state index is 12.9. The highest BCUT2D eigenvalue weighted by atomic mass is 19.3. The summed E-state index contributed by atoms with van der Waals surface area (Å²) in [6.45, 7) is -0.887. The average Bonchev–Trinajstić information content (AvgIpc) is 2.41. The van der Waals surface area contributed by atoms with Gasteiger partial charge in [0.15, 0.2) is 0 Å². The molecular weight excluding hydrogens is 194 g/mol. The highest BCUT2D eigenvalue weighted by Gasteiger charge is 2.46. The van der Waals surface area contributed by atoms with Gasteiger partial charge >= 0.3 is 0 Å². The predicted octanol–water partition coefficient (Wildman–Crippen LogP) is -0.436. The summed E-state index contributed by atoms with van der Waals surface area (Å²) in [6, 6.07) is -0.760. The molecule has 1 heterocycles. The molecule has 4 nitrogen and oxygen atoms in total. The van der Waals surface area contributed by atoms with E-state index in [2.05, 4.69) is 0 Å². The minimum absolute atomic E-state index is 0.0482. The fourth-order valence-electron chi connectivity index (χ4n) is 1.62. The summed E-state index contributed by atoms with van der Waals surface area (Å²) in [7, 11) is 0. The zero-order valence-electron chi connectivity index (χ0n) is 7.75. The Hall–Kier alpha value is -0.750. The summed E-state index contributed by atoms with van der Waals surface area (Å²) >= 11 is 0. The number of amides is 1. The number of carbonyl (C=O) groups is 1. The molecule has 1 atom stereocenters. The third-order valence-electron chi connectivity index (χ3n) is 2.27. The van der Waals surface area contributed by atoms with Crippen LogP contribution in [0.15, 0.2) is 0 Å². The van der Waals surface area contributed by atoms with Gasteiger partial charge in [-0.1, -0.05) is 0 Å². The fraction of sp³-hybridized carbons (Fsp3) is 0.875. The van der Waals surface area contributed by atoms with Gasteiger partial charge in [0.2, 0.25) is 5.91 Å². The lowest BCUT2D eigenvalue weighted by Crippen LogP contribution is -2.39. The molecule has 0 spiro atoms. The van der Waals surface area contributed by atoms with Crippen LogP contribution >= 0.6 is 0 Å². The molecule has 0 radical (unpaired) electrons. The number of likely N-dealkylation sites (tertiary alicyclic amines) is 1. The van der Waals surface area contributed by atoms with Crippen LogP contribution in [0.5, 0.6) is 0 Å². The van der Waals surface area contributed by atoms with Gasteiger partial charge in [-0.25, -0.2) is 8.78 Å². The van der Waals surface area contributed by atoms with Crippen LogP contribution in [0.4, 0.5) is 8.78 Å². The standard InChI is InChI=1S/C8H14F2N2O2/c9-8(10)3-6(4-13)12(5-8)7(14)1-2-11/h6,13H,1-5,11H2. The molecule has 1 amide bonds. The van der Waals surface area contributed by atoms with E-state index in [-0.39, 0.29) is 13.0 Å². The number of rotatable bonds is 3. The normalized spacial score (nSPS) is 25.4. The van der Waals surface area contributed by atoms with Crippen LogP contribution in [-0.2, 0) is 4.79 Å². The van der Waals surface area contributed by atoms with E-state index in [1.165, 1.54) is 0 Å². The van der Waals surface area contributed by atoms with Crippen LogP contribution < -0.4 is 5.73 Å². The molecule has 0 aromatic carbocycles. The largest absolute Gasteiger partial charge is 0.394 e. The minimum Gasteiger partial charge on any atom is -0.394 e. The van der Waals surface area contributed by atoms with Crippen LogP contribution in [0.3, 0.4) is 0 Å². The number of halogens is 2. The number of hydrogen-bond donors (Lipinski definition) is 2. The maximum Gasteiger partial charge on any atom is 0.267 e. The molecule has 0 saturated carbocycles. The molecule has 1 fully saturated rings. The molecule has 6 heteroatoms. The van der Waals surface area contributed by atoms with E-state index in [0.29, 0.717) is 0 Å². The number of nitrogens with two attached hydrogens (primary N) is 1. The third kappa shape index (κ3) is 2.39. The first-order valence-corrected chi connectivity index (χ1v) is 4.48. The first kappa shape index (κ1) is 11.3. The van der Waals surface area contributed by atoms with E-state index in [1.54, 1.807) is 0 Å². The van der Waals surface area contributed by atoms with Gasteiger partial charge in [-0.15, -0.1) is 0 Å². The molecular formula is C8H14F2N2O2. The fourth-order valence-corrected chi connectivity index (χ4v) is 1.62. The van der Waals surface area contributed by atoms with Gasteiger partial charge in [-0.05, 0) is 0 Å². The molecule has 1 unspecified atom stereocenters. The molecule has 0 bridgehead atoms. The number of aliphatic hydroxyl groups is 1. The zero-order valence-corrected chi connectivity index (χ0v) is 7.75. The van der Waals surface area contributed by atoms with Crippen LogP contribution in [-0.4, -0.2) is 47.6 Å². The molecule has 0 aromatic heterocycles. The van der Waals surface area contributed by atoms with Gasteiger partial charge in [-0.2, -0.15) is 0 Å². The number of aliphatic hydroxyl groups excluding tert-OH is 1. The van der Waals surface area contributed by atoms with E-state index in [0.717, 1.165) is 4.90 Å². The zero-order chi connectivity index (χ0) is 10.8. The Balaban J connectivity index is 2.63. The second-order valence-corrected chi connectivity index (χ2v) is 3.46. The van der Waals surface area contributed by atoms with E-state index < -0.39 is 37.4 Å². The highest BCUT2D eigenvalue weighted by molar-refractivity contribution is 5.77. The second-order valence-electron chi connectivity index (χ2n) is 3.46. The molecule has 0 aliphatic carbocycles. The first-order chi connectivity index (χ1) is 6.50. The summed E-state index contributed by atoms with van der Waals surface area (Å²) in [5.74, 6) is -3.29. The monoisotopic (exact) mass is 208 g/mol. The SMILES string of the molecule is NCCC(=O)N1CC(F)(F)CC1CO. The summed E-state index contributed by atoms with van der Waals surface area (Å²) in [6.07, 6.45) is -0.410. The highest BCUT2D eigenvalue weighted by Crippen LogP contribution is 2.31. The Bertz CT molecular complexity index is 223. The number of alkyl halides is 2. The molecule has 1 aliphatic heterocycles. The predicted molar refractivity (Wildman–Crippen MR) is 45.8 cm³/mol. The molecule has 1 saturated heterocycles. The van der Waals surface area contributed by atoms with Gasteiger partial charge in [0.05, 0.1) is 19.2 Å². The van der Waals surface area contributed by atoms with Crippen molar-refractivity contribution in [3.8, 4) is 0 Å². The molecule has 82 valence electrons. The number of hydrogen-bond acceptors (Lipinski definition) is 3. The summed E-state index contributed by atoms with van der Waals surface area (Å²) < 4.78 is 25.8. The van der Waals surface area contributed by atoms with Crippen molar-refractivity contribution >= 4 is 5.91 Å². The van der Waals surface area contributed by atoms with E-state index in [4.69, 9.17) is 10.8 Å². The van der Waals surface area contributed by atoms with Crippen LogP contribution in [0.2, 0.25) is 0 Å². The molecule has 1 aliphatic rings. The Morgan fingerprint density at radius 1 is 1.64 bits per heavy atom.